The van der Waals surface area contributed by atoms with Gasteiger partial charge in [0.05, 0.1) is 23.0 Å². The van der Waals surface area contributed by atoms with E-state index in [1.807, 2.05) is 4.90 Å². The van der Waals surface area contributed by atoms with Crippen LogP contribution in [0.25, 0.3) is 0 Å². The van der Waals surface area contributed by atoms with Crippen LogP contribution in [0.1, 0.15) is 29.6 Å². The molecular weight excluding hydrogens is 346 g/mol. The zero-order valence-corrected chi connectivity index (χ0v) is 14.4. The van der Waals surface area contributed by atoms with Gasteiger partial charge in [0.25, 0.3) is 0 Å². The molecule has 0 aromatic heterocycles. The van der Waals surface area contributed by atoms with Gasteiger partial charge in [0.2, 0.25) is 11.8 Å². The third-order valence-electron chi connectivity index (χ3n) is 4.63. The molecular formula is C17H20ClN3O4. The van der Waals surface area contributed by atoms with Gasteiger partial charge in [-0.05, 0) is 31.0 Å². The number of hydrogen-bond acceptors (Lipinski definition) is 4. The van der Waals surface area contributed by atoms with Crippen molar-refractivity contribution < 1.29 is 19.5 Å². The SMILES string of the molecule is O=C(CN1C[C@@H]2CCC[C@H](C1)C(=O)N2)Nc1ccc(Cl)c(C(=O)O)c1. The first-order valence-corrected chi connectivity index (χ1v) is 8.65. The molecule has 3 N–H and O–H groups in total. The number of aromatic carboxylic acids is 1. The largest absolute Gasteiger partial charge is 0.478 e. The molecule has 0 spiro atoms. The number of carboxylic acid groups (broad SMARTS) is 1. The minimum absolute atomic E-state index is 0.0569. The normalized spacial score (nSPS) is 23.5. The van der Waals surface area contributed by atoms with Crippen LogP contribution in [0.4, 0.5) is 5.69 Å². The van der Waals surface area contributed by atoms with Gasteiger partial charge in [-0.25, -0.2) is 4.79 Å². The lowest BCUT2D eigenvalue weighted by Gasteiger charge is -2.26. The van der Waals surface area contributed by atoms with Gasteiger partial charge in [0.1, 0.15) is 0 Å². The fourth-order valence-electron chi connectivity index (χ4n) is 3.44. The number of nitrogens with zero attached hydrogens (tertiary/aromatic N) is 1. The molecule has 2 saturated heterocycles. The van der Waals surface area contributed by atoms with Crippen molar-refractivity contribution in [3.05, 3.63) is 28.8 Å². The van der Waals surface area contributed by atoms with Crippen LogP contribution < -0.4 is 10.6 Å². The Hall–Kier alpha value is -2.12. The molecule has 0 radical (unpaired) electrons. The van der Waals surface area contributed by atoms with Crippen LogP contribution in [-0.4, -0.2) is 53.5 Å². The fraction of sp³-hybridized carbons (Fsp3) is 0.471. The Morgan fingerprint density at radius 1 is 1.32 bits per heavy atom. The van der Waals surface area contributed by atoms with E-state index in [4.69, 9.17) is 16.7 Å². The molecule has 1 aromatic carbocycles. The van der Waals surface area contributed by atoms with Gasteiger partial charge < -0.3 is 15.7 Å². The molecule has 2 amide bonds. The molecule has 2 aliphatic heterocycles. The van der Waals surface area contributed by atoms with Crippen LogP contribution in [0.3, 0.4) is 0 Å². The zero-order valence-electron chi connectivity index (χ0n) is 13.6. The number of carboxylic acids is 1. The van der Waals surface area contributed by atoms with Gasteiger partial charge in [-0.3, -0.25) is 14.5 Å². The van der Waals surface area contributed by atoms with Crippen LogP contribution in [-0.2, 0) is 9.59 Å². The minimum Gasteiger partial charge on any atom is -0.478 e. The van der Waals surface area contributed by atoms with E-state index in [1.165, 1.54) is 12.1 Å². The molecule has 134 valence electrons. The van der Waals surface area contributed by atoms with Gasteiger partial charge in [0.15, 0.2) is 0 Å². The monoisotopic (exact) mass is 365 g/mol. The summed E-state index contributed by atoms with van der Waals surface area (Å²) in [6.07, 6.45) is 2.80. The lowest BCUT2D eigenvalue weighted by Crippen LogP contribution is -2.42. The van der Waals surface area contributed by atoms with Gasteiger partial charge >= 0.3 is 5.97 Å². The second kappa shape index (κ2) is 7.41. The number of hydrogen-bond donors (Lipinski definition) is 3. The van der Waals surface area contributed by atoms with E-state index in [-0.39, 0.29) is 40.9 Å². The Morgan fingerprint density at radius 3 is 2.88 bits per heavy atom. The molecule has 2 fully saturated rings. The fourth-order valence-corrected chi connectivity index (χ4v) is 3.64. The van der Waals surface area contributed by atoms with Crippen LogP contribution >= 0.6 is 11.6 Å². The molecule has 0 aliphatic carbocycles. The Kier molecular flexibility index (Phi) is 5.24. The van der Waals surface area contributed by atoms with E-state index in [2.05, 4.69) is 10.6 Å². The first-order valence-electron chi connectivity index (χ1n) is 8.28. The van der Waals surface area contributed by atoms with E-state index in [9.17, 15) is 14.4 Å². The lowest BCUT2D eigenvalue weighted by molar-refractivity contribution is -0.125. The summed E-state index contributed by atoms with van der Waals surface area (Å²) in [4.78, 5) is 37.5. The number of amides is 2. The quantitative estimate of drug-likeness (QED) is 0.752. The maximum atomic E-state index is 12.3. The smallest absolute Gasteiger partial charge is 0.337 e. The van der Waals surface area contributed by atoms with E-state index >= 15 is 0 Å². The van der Waals surface area contributed by atoms with Crippen molar-refractivity contribution in [1.29, 1.82) is 0 Å². The molecule has 2 bridgehead atoms. The van der Waals surface area contributed by atoms with Crippen LogP contribution in [0.2, 0.25) is 5.02 Å². The summed E-state index contributed by atoms with van der Waals surface area (Å²) in [5, 5.41) is 14.9. The summed E-state index contributed by atoms with van der Waals surface area (Å²) in [5.41, 5.74) is 0.328. The molecule has 2 aliphatic rings. The lowest BCUT2D eigenvalue weighted by atomic mass is 9.99. The van der Waals surface area contributed by atoms with E-state index in [0.717, 1.165) is 19.3 Å². The van der Waals surface area contributed by atoms with E-state index in [0.29, 0.717) is 18.8 Å². The van der Waals surface area contributed by atoms with Crippen molar-refractivity contribution in [2.24, 2.45) is 5.92 Å². The predicted molar refractivity (Wildman–Crippen MR) is 92.8 cm³/mol. The number of halogens is 1. The van der Waals surface area contributed by atoms with Crippen LogP contribution in [0.15, 0.2) is 18.2 Å². The molecule has 0 saturated carbocycles. The van der Waals surface area contributed by atoms with Crippen molar-refractivity contribution in [1.82, 2.24) is 10.2 Å². The van der Waals surface area contributed by atoms with Gasteiger partial charge in [-0.15, -0.1) is 0 Å². The standard InChI is InChI=1S/C17H20ClN3O4/c18-14-5-4-11(6-13(14)17(24)25)19-15(22)9-21-7-10-2-1-3-12(8-21)20-16(10)23/h4-6,10,12H,1-3,7-9H2,(H,19,22)(H,20,23)(H,24,25)/t10-,12+/m1/s1. The summed E-state index contributed by atoms with van der Waals surface area (Å²) in [6, 6.07) is 4.43. The maximum Gasteiger partial charge on any atom is 0.337 e. The number of likely N-dealkylation sites (tertiary alicyclic amines) is 1. The Labute approximate surface area is 150 Å². The third kappa shape index (κ3) is 4.29. The second-order valence-electron chi connectivity index (χ2n) is 6.58. The number of fused-ring (bicyclic) bond motifs is 3. The molecule has 2 atom stereocenters. The van der Waals surface area contributed by atoms with Crippen molar-refractivity contribution in [3.8, 4) is 0 Å². The average molecular weight is 366 g/mol. The highest BCUT2D eigenvalue weighted by molar-refractivity contribution is 6.33. The topological polar surface area (TPSA) is 98.7 Å². The highest BCUT2D eigenvalue weighted by atomic mass is 35.5. The zero-order chi connectivity index (χ0) is 18.0. The number of carbonyl (C=O) groups is 3. The van der Waals surface area contributed by atoms with E-state index < -0.39 is 5.97 Å². The first-order chi connectivity index (χ1) is 11.9. The Balaban J connectivity index is 1.64. The molecule has 7 nitrogen and oxygen atoms in total. The number of rotatable bonds is 4. The van der Waals surface area contributed by atoms with Crippen molar-refractivity contribution in [2.75, 3.05) is 25.0 Å². The van der Waals surface area contributed by atoms with Gasteiger partial charge in [-0.2, -0.15) is 0 Å². The van der Waals surface area contributed by atoms with Gasteiger partial charge in [0, 0.05) is 24.8 Å². The minimum atomic E-state index is -1.15. The molecule has 8 heteroatoms. The first kappa shape index (κ1) is 17.7. The van der Waals surface area contributed by atoms with Crippen molar-refractivity contribution >= 4 is 35.1 Å². The third-order valence-corrected chi connectivity index (χ3v) is 4.96. The summed E-state index contributed by atoms with van der Waals surface area (Å²) in [7, 11) is 0. The van der Waals surface area contributed by atoms with Crippen molar-refractivity contribution in [3.63, 3.8) is 0 Å². The Bertz CT molecular complexity index is 709. The summed E-state index contributed by atoms with van der Waals surface area (Å²) in [6.45, 7) is 1.38. The van der Waals surface area contributed by atoms with E-state index in [1.54, 1.807) is 6.07 Å². The molecule has 25 heavy (non-hydrogen) atoms. The van der Waals surface area contributed by atoms with Crippen LogP contribution in [0.5, 0.6) is 0 Å². The molecule has 1 aromatic rings. The number of benzene rings is 1. The number of carbonyl (C=O) groups excluding carboxylic acids is 2. The van der Waals surface area contributed by atoms with Gasteiger partial charge in [-0.1, -0.05) is 18.0 Å². The summed E-state index contributed by atoms with van der Waals surface area (Å²) >= 11 is 5.83. The van der Waals surface area contributed by atoms with Crippen LogP contribution in [0, 0.1) is 5.92 Å². The predicted octanol–water partition coefficient (Wildman–Crippen LogP) is 1.58. The highest BCUT2D eigenvalue weighted by Gasteiger charge is 2.33. The highest BCUT2D eigenvalue weighted by Crippen LogP contribution is 2.23. The summed E-state index contributed by atoms with van der Waals surface area (Å²) in [5.74, 6) is -1.39. The van der Waals surface area contributed by atoms with Crippen molar-refractivity contribution in [2.45, 2.75) is 25.3 Å². The molecule has 3 rings (SSSR count). The summed E-state index contributed by atoms with van der Waals surface area (Å²) < 4.78 is 0. The number of nitrogens with one attached hydrogen (secondary N) is 2. The number of anilines is 1. The average Bonchev–Trinajstić information content (AvgIpc) is 2.77. The maximum absolute atomic E-state index is 12.3. The second-order valence-corrected chi connectivity index (χ2v) is 6.98. The molecule has 0 unspecified atom stereocenters. The Morgan fingerprint density at radius 2 is 2.12 bits per heavy atom. The molecule has 2 heterocycles.